The highest BCUT2D eigenvalue weighted by atomic mass is 32.2. The predicted octanol–water partition coefficient (Wildman–Crippen LogP) is 0.344. The van der Waals surface area contributed by atoms with E-state index in [4.69, 9.17) is 5.14 Å². The number of nitrogens with zero attached hydrogens (tertiary/aromatic N) is 4. The van der Waals surface area contributed by atoms with Crippen LogP contribution >= 0.6 is 0 Å². The van der Waals surface area contributed by atoms with Crippen LogP contribution < -0.4 is 10.1 Å². The molecular weight excluding hydrogens is 302 g/mol. The first-order valence-corrected chi connectivity index (χ1v) is 8.80. The molecule has 1 aromatic heterocycles. The van der Waals surface area contributed by atoms with E-state index in [-0.39, 0.29) is 4.90 Å². The smallest absolute Gasteiger partial charge is 0.238 e. The van der Waals surface area contributed by atoms with E-state index >= 15 is 0 Å². The van der Waals surface area contributed by atoms with Gasteiger partial charge in [0.25, 0.3) is 0 Å². The van der Waals surface area contributed by atoms with E-state index in [1.807, 2.05) is 0 Å². The van der Waals surface area contributed by atoms with Crippen molar-refractivity contribution in [3.05, 3.63) is 24.4 Å². The molecule has 22 heavy (non-hydrogen) atoms. The van der Waals surface area contributed by atoms with E-state index in [0.29, 0.717) is 12.1 Å². The third-order valence-electron chi connectivity index (χ3n) is 4.46. The maximum Gasteiger partial charge on any atom is 0.238 e. The minimum atomic E-state index is -3.72. The van der Waals surface area contributed by atoms with Gasteiger partial charge in [-0.25, -0.2) is 13.6 Å². The number of nitrogens with two attached hydrogens (primary N) is 1. The van der Waals surface area contributed by atoms with Crippen molar-refractivity contribution in [2.75, 3.05) is 25.1 Å². The molecule has 1 aliphatic heterocycles. The minimum absolute atomic E-state index is 0.108. The van der Waals surface area contributed by atoms with Crippen LogP contribution in [0.2, 0.25) is 0 Å². The second-order valence-corrected chi connectivity index (χ2v) is 7.60. The largest absolute Gasteiger partial charge is 0.297 e. The Morgan fingerprint density at radius 2 is 1.86 bits per heavy atom. The lowest BCUT2D eigenvalue weighted by Crippen LogP contribution is -2.58. The van der Waals surface area contributed by atoms with Gasteiger partial charge in [-0.15, -0.1) is 0 Å². The van der Waals surface area contributed by atoms with E-state index in [2.05, 4.69) is 35.9 Å². The van der Waals surface area contributed by atoms with Crippen LogP contribution in [-0.2, 0) is 10.0 Å². The van der Waals surface area contributed by atoms with Crippen molar-refractivity contribution in [3.8, 4) is 0 Å². The first-order chi connectivity index (χ1) is 10.3. The minimum Gasteiger partial charge on any atom is -0.297 e. The van der Waals surface area contributed by atoms with Crippen LogP contribution in [0.25, 0.3) is 10.9 Å². The molecule has 1 saturated heterocycles. The fourth-order valence-corrected chi connectivity index (χ4v) is 3.45. The molecule has 2 unspecified atom stereocenters. The molecule has 2 atom stereocenters. The van der Waals surface area contributed by atoms with Gasteiger partial charge in [-0.2, -0.15) is 9.89 Å². The van der Waals surface area contributed by atoms with Gasteiger partial charge < -0.3 is 0 Å². The van der Waals surface area contributed by atoms with Gasteiger partial charge in [0.05, 0.1) is 29.7 Å². The molecular formula is C14H21N5O2S. The summed E-state index contributed by atoms with van der Waals surface area (Å²) in [5, 5.41) is 12.7. The zero-order chi connectivity index (χ0) is 16.1. The number of likely N-dealkylation sites (N-methyl/N-ethyl adjacent to an activating group) is 1. The number of piperazine rings is 1. The van der Waals surface area contributed by atoms with Gasteiger partial charge in [0, 0.05) is 17.5 Å². The highest BCUT2D eigenvalue weighted by molar-refractivity contribution is 7.89. The molecule has 0 radical (unpaired) electrons. The van der Waals surface area contributed by atoms with Crippen molar-refractivity contribution in [2.45, 2.75) is 30.8 Å². The Morgan fingerprint density at radius 1 is 1.23 bits per heavy atom. The number of hydrogen-bond acceptors (Lipinski definition) is 5. The SMILES string of the molecule is CC1CN(n2ncc3ccc(S(N)(=O)=O)cc32)CC(C)N1C. The number of rotatable bonds is 2. The van der Waals surface area contributed by atoms with E-state index in [0.717, 1.165) is 24.0 Å². The monoisotopic (exact) mass is 323 g/mol. The standard InChI is InChI=1S/C14H21N5O2S/c1-10-8-18(9-11(2)17(10)3)19-14-6-13(22(15,20)21)5-4-12(14)7-16-19/h4-7,10-11H,8-9H2,1-3H3,(H2,15,20,21). The number of aromatic nitrogens is 2. The molecule has 2 aromatic rings. The van der Waals surface area contributed by atoms with Crippen molar-refractivity contribution in [1.29, 1.82) is 0 Å². The van der Waals surface area contributed by atoms with Gasteiger partial charge in [0.2, 0.25) is 10.0 Å². The number of primary sulfonamides is 1. The highest BCUT2D eigenvalue weighted by Crippen LogP contribution is 2.20. The second kappa shape index (κ2) is 5.22. The average molecular weight is 323 g/mol. The van der Waals surface area contributed by atoms with Gasteiger partial charge in [-0.1, -0.05) is 0 Å². The molecule has 1 aromatic carbocycles. The van der Waals surface area contributed by atoms with E-state index in [9.17, 15) is 8.42 Å². The molecule has 0 bridgehead atoms. The van der Waals surface area contributed by atoms with E-state index < -0.39 is 10.0 Å². The zero-order valence-electron chi connectivity index (χ0n) is 13.0. The van der Waals surface area contributed by atoms with Crippen LogP contribution in [0.5, 0.6) is 0 Å². The lowest BCUT2D eigenvalue weighted by Gasteiger charge is -2.43. The molecule has 0 amide bonds. The van der Waals surface area contributed by atoms with Gasteiger partial charge in [-0.3, -0.25) is 9.91 Å². The Labute approximate surface area is 130 Å². The predicted molar refractivity (Wildman–Crippen MR) is 85.7 cm³/mol. The van der Waals surface area contributed by atoms with Crippen LogP contribution in [0.4, 0.5) is 0 Å². The summed E-state index contributed by atoms with van der Waals surface area (Å²) in [7, 11) is -1.60. The van der Waals surface area contributed by atoms with Gasteiger partial charge in [-0.05, 0) is 39.1 Å². The molecule has 0 saturated carbocycles. The Morgan fingerprint density at radius 3 is 2.45 bits per heavy atom. The Balaban J connectivity index is 2.04. The van der Waals surface area contributed by atoms with Gasteiger partial charge in [0.15, 0.2) is 0 Å². The van der Waals surface area contributed by atoms with Crippen molar-refractivity contribution in [1.82, 2.24) is 14.8 Å². The maximum atomic E-state index is 11.6. The lowest BCUT2D eigenvalue weighted by atomic mass is 10.1. The summed E-state index contributed by atoms with van der Waals surface area (Å²) in [6.07, 6.45) is 1.75. The fraction of sp³-hybridized carbons (Fsp3) is 0.500. The molecule has 8 heteroatoms. The topological polar surface area (TPSA) is 84.5 Å². The van der Waals surface area contributed by atoms with Crippen molar-refractivity contribution in [3.63, 3.8) is 0 Å². The van der Waals surface area contributed by atoms with E-state index in [1.54, 1.807) is 23.1 Å². The summed E-state index contributed by atoms with van der Waals surface area (Å²) in [4.78, 5) is 4.24. The molecule has 1 aliphatic rings. The van der Waals surface area contributed by atoms with Crippen LogP contribution in [0.3, 0.4) is 0 Å². The van der Waals surface area contributed by atoms with Crippen LogP contribution in [0.15, 0.2) is 29.3 Å². The molecule has 2 heterocycles. The summed E-state index contributed by atoms with van der Waals surface area (Å²) < 4.78 is 23.1. The maximum absolute atomic E-state index is 11.6. The molecule has 7 nitrogen and oxygen atoms in total. The van der Waals surface area contributed by atoms with Crippen molar-refractivity contribution in [2.24, 2.45) is 5.14 Å². The van der Waals surface area contributed by atoms with Gasteiger partial charge >= 0.3 is 0 Å². The van der Waals surface area contributed by atoms with Crippen molar-refractivity contribution >= 4 is 20.9 Å². The van der Waals surface area contributed by atoms with Crippen LogP contribution in [-0.4, -0.2) is 55.4 Å². The summed E-state index contributed by atoms with van der Waals surface area (Å²) in [5.41, 5.74) is 0.760. The third-order valence-corrected chi connectivity index (χ3v) is 5.37. The van der Waals surface area contributed by atoms with Crippen LogP contribution in [0.1, 0.15) is 13.8 Å². The Hall–Kier alpha value is -1.64. The summed E-state index contributed by atoms with van der Waals surface area (Å²) in [6, 6.07) is 5.63. The molecule has 1 fully saturated rings. The number of hydrogen-bond donors (Lipinski definition) is 1. The van der Waals surface area contributed by atoms with Gasteiger partial charge in [0.1, 0.15) is 0 Å². The summed E-state index contributed by atoms with van der Waals surface area (Å²) >= 11 is 0. The quantitative estimate of drug-likeness (QED) is 0.862. The molecule has 120 valence electrons. The fourth-order valence-electron chi connectivity index (χ4n) is 2.92. The highest BCUT2D eigenvalue weighted by Gasteiger charge is 2.28. The third kappa shape index (κ3) is 2.57. The molecule has 0 spiro atoms. The summed E-state index contributed by atoms with van der Waals surface area (Å²) in [5.74, 6) is 0. The molecule has 3 rings (SSSR count). The number of fused-ring (bicyclic) bond motifs is 1. The normalized spacial score (nSPS) is 24.1. The Bertz CT molecular complexity index is 789. The molecule has 0 aliphatic carbocycles. The number of sulfonamides is 1. The first-order valence-electron chi connectivity index (χ1n) is 7.25. The van der Waals surface area contributed by atoms with Crippen LogP contribution in [0, 0.1) is 0 Å². The second-order valence-electron chi connectivity index (χ2n) is 6.03. The molecule has 2 N–H and O–H groups in total. The average Bonchev–Trinajstić information content (AvgIpc) is 2.86. The Kier molecular flexibility index (Phi) is 3.62. The number of benzene rings is 1. The summed E-state index contributed by atoms with van der Waals surface area (Å²) in [6.45, 7) is 6.00. The first kappa shape index (κ1) is 15.3. The van der Waals surface area contributed by atoms with E-state index in [1.165, 1.54) is 6.07 Å². The lowest BCUT2D eigenvalue weighted by molar-refractivity contribution is 0.152. The van der Waals surface area contributed by atoms with Crippen molar-refractivity contribution < 1.29 is 8.42 Å². The zero-order valence-corrected chi connectivity index (χ0v) is 13.8.